The first-order valence-electron chi connectivity index (χ1n) is 3.17. The highest BCUT2D eigenvalue weighted by atomic mass is 33.1. The van der Waals surface area contributed by atoms with Gasteiger partial charge in [-0.15, -0.1) is 0 Å². The van der Waals surface area contributed by atoms with Gasteiger partial charge in [0.1, 0.15) is 0 Å². The van der Waals surface area contributed by atoms with Gasteiger partial charge in [0.25, 0.3) is 0 Å². The topological polar surface area (TPSA) is 17.1 Å². The molecule has 0 saturated heterocycles. The monoisotopic (exact) mass is 184 g/mol. The lowest BCUT2D eigenvalue weighted by Crippen LogP contribution is -1.74. The molecular formula is C8H8OS2. The fourth-order valence-corrected chi connectivity index (χ4v) is 2.19. The zero-order valence-electron chi connectivity index (χ0n) is 6.11. The van der Waals surface area contributed by atoms with Gasteiger partial charge in [0.15, 0.2) is 5.62 Å². The Hall–Kier alpha value is -0.410. The minimum atomic E-state index is 0.844. The van der Waals surface area contributed by atoms with Crippen molar-refractivity contribution in [3.8, 4) is 0 Å². The van der Waals surface area contributed by atoms with Crippen LogP contribution < -0.4 is 0 Å². The van der Waals surface area contributed by atoms with Crippen molar-refractivity contribution >= 4 is 27.2 Å². The van der Waals surface area contributed by atoms with Crippen LogP contribution in [0.3, 0.4) is 0 Å². The van der Waals surface area contributed by atoms with Crippen LogP contribution in [0.5, 0.6) is 0 Å². The molecule has 0 heterocycles. The van der Waals surface area contributed by atoms with Crippen LogP contribution in [0.15, 0.2) is 29.2 Å². The number of hydrogen-bond donors (Lipinski definition) is 0. The Kier molecular flexibility index (Phi) is 3.52. The smallest absolute Gasteiger partial charge is 0.187 e. The van der Waals surface area contributed by atoms with E-state index in [0.717, 1.165) is 10.5 Å². The molecule has 11 heavy (non-hydrogen) atoms. The summed E-state index contributed by atoms with van der Waals surface area (Å²) in [6.45, 7) is 2.04. The molecule has 0 aliphatic carbocycles. The molecule has 0 aromatic heterocycles. The van der Waals surface area contributed by atoms with E-state index in [1.807, 2.05) is 31.2 Å². The van der Waals surface area contributed by atoms with Gasteiger partial charge in [-0.2, -0.15) is 0 Å². The molecule has 0 aliphatic heterocycles. The van der Waals surface area contributed by atoms with Crippen LogP contribution in [-0.2, 0) is 4.79 Å². The third-order valence-electron chi connectivity index (χ3n) is 1.27. The van der Waals surface area contributed by atoms with E-state index < -0.39 is 0 Å². The summed E-state index contributed by atoms with van der Waals surface area (Å²) in [7, 11) is 2.71. The quantitative estimate of drug-likeness (QED) is 0.531. The minimum absolute atomic E-state index is 0.844. The predicted molar refractivity (Wildman–Crippen MR) is 51.4 cm³/mol. The summed E-state index contributed by atoms with van der Waals surface area (Å²) in [5.41, 5.74) is 2.06. The molecule has 0 bridgehead atoms. The standard InChI is InChI=1S/C8H8OS2/c1-7-4-2-3-5-8(7)11-10-6-9/h2-6H,1H3. The van der Waals surface area contributed by atoms with Gasteiger partial charge in [-0.1, -0.05) is 18.2 Å². The first-order chi connectivity index (χ1) is 5.34. The zero-order valence-corrected chi connectivity index (χ0v) is 7.74. The second-order valence-electron chi connectivity index (χ2n) is 2.04. The van der Waals surface area contributed by atoms with E-state index in [-0.39, 0.29) is 0 Å². The van der Waals surface area contributed by atoms with Crippen molar-refractivity contribution in [1.82, 2.24) is 0 Å². The molecule has 0 radical (unpaired) electrons. The van der Waals surface area contributed by atoms with Crippen molar-refractivity contribution in [2.75, 3.05) is 0 Å². The summed E-state index contributed by atoms with van der Waals surface area (Å²) < 4.78 is 0. The average Bonchev–Trinajstić information content (AvgIpc) is 2.03. The fourth-order valence-electron chi connectivity index (χ4n) is 0.721. The fraction of sp³-hybridized carbons (Fsp3) is 0.125. The molecule has 0 N–H and O–H groups in total. The van der Waals surface area contributed by atoms with E-state index in [1.165, 1.54) is 27.2 Å². The maximum atomic E-state index is 10.0. The van der Waals surface area contributed by atoms with E-state index in [9.17, 15) is 4.79 Å². The van der Waals surface area contributed by atoms with E-state index in [2.05, 4.69) is 0 Å². The molecule has 1 rings (SSSR count). The van der Waals surface area contributed by atoms with Crippen molar-refractivity contribution < 1.29 is 4.79 Å². The third-order valence-corrected chi connectivity index (χ3v) is 3.15. The van der Waals surface area contributed by atoms with Crippen molar-refractivity contribution in [3.63, 3.8) is 0 Å². The summed E-state index contributed by atoms with van der Waals surface area (Å²) >= 11 is 0. The van der Waals surface area contributed by atoms with Crippen LogP contribution in [0.2, 0.25) is 0 Å². The number of aryl methyl sites for hydroxylation is 1. The van der Waals surface area contributed by atoms with Crippen LogP contribution in [0.4, 0.5) is 0 Å². The molecular weight excluding hydrogens is 176 g/mol. The molecule has 0 aliphatic rings. The van der Waals surface area contributed by atoms with Gasteiger partial charge in [-0.25, -0.2) is 0 Å². The minimum Gasteiger partial charge on any atom is -0.290 e. The Morgan fingerprint density at radius 2 is 2.09 bits per heavy atom. The first-order valence-corrected chi connectivity index (χ1v) is 5.38. The summed E-state index contributed by atoms with van der Waals surface area (Å²) in [6.07, 6.45) is 0. The van der Waals surface area contributed by atoms with Gasteiger partial charge < -0.3 is 0 Å². The first kappa shape index (κ1) is 8.68. The Balaban J connectivity index is 2.69. The molecule has 0 spiro atoms. The Bertz CT molecular complexity index is 248. The SMILES string of the molecule is Cc1ccccc1SSC=O. The lowest BCUT2D eigenvalue weighted by molar-refractivity contribution is 0.570. The normalized spacial score (nSPS) is 9.55. The third kappa shape index (κ3) is 2.60. The van der Waals surface area contributed by atoms with E-state index in [0.29, 0.717) is 0 Å². The number of carbonyl (C=O) groups excluding carboxylic acids is 1. The number of rotatable bonds is 3. The summed E-state index contributed by atoms with van der Waals surface area (Å²) in [5.74, 6) is 0. The van der Waals surface area contributed by atoms with Crippen LogP contribution in [0.25, 0.3) is 0 Å². The second kappa shape index (κ2) is 4.46. The molecule has 0 atom stereocenters. The van der Waals surface area contributed by atoms with Gasteiger partial charge in [-0.05, 0) is 40.1 Å². The highest BCUT2D eigenvalue weighted by molar-refractivity contribution is 8.81. The van der Waals surface area contributed by atoms with Gasteiger partial charge in [-0.3, -0.25) is 4.79 Å². The Morgan fingerprint density at radius 3 is 2.73 bits per heavy atom. The number of benzene rings is 1. The average molecular weight is 184 g/mol. The van der Waals surface area contributed by atoms with Crippen LogP contribution in [0, 0.1) is 6.92 Å². The molecule has 1 aromatic rings. The maximum Gasteiger partial charge on any atom is 0.187 e. The lowest BCUT2D eigenvalue weighted by Gasteiger charge is -1.99. The highest BCUT2D eigenvalue weighted by Gasteiger charge is 1.95. The largest absolute Gasteiger partial charge is 0.290 e. The molecule has 1 nitrogen and oxygen atoms in total. The van der Waals surface area contributed by atoms with E-state index in [4.69, 9.17) is 0 Å². The van der Waals surface area contributed by atoms with Crippen LogP contribution >= 0.6 is 21.6 Å². The van der Waals surface area contributed by atoms with Crippen molar-refractivity contribution in [1.29, 1.82) is 0 Å². The molecule has 0 fully saturated rings. The summed E-state index contributed by atoms with van der Waals surface area (Å²) in [6, 6.07) is 8.01. The Labute approximate surface area is 74.0 Å². The lowest BCUT2D eigenvalue weighted by atomic mass is 10.2. The predicted octanol–water partition coefficient (Wildman–Crippen LogP) is 2.93. The highest BCUT2D eigenvalue weighted by Crippen LogP contribution is 2.30. The van der Waals surface area contributed by atoms with Gasteiger partial charge in [0.2, 0.25) is 0 Å². The van der Waals surface area contributed by atoms with Gasteiger partial charge in [0.05, 0.1) is 0 Å². The Morgan fingerprint density at radius 1 is 1.36 bits per heavy atom. The molecule has 0 unspecified atom stereocenters. The molecule has 0 amide bonds. The zero-order chi connectivity index (χ0) is 8.10. The molecule has 3 heteroatoms. The van der Waals surface area contributed by atoms with Crippen LogP contribution in [-0.4, -0.2) is 5.62 Å². The second-order valence-corrected chi connectivity index (χ2v) is 4.11. The van der Waals surface area contributed by atoms with Crippen molar-refractivity contribution in [2.24, 2.45) is 0 Å². The van der Waals surface area contributed by atoms with Gasteiger partial charge in [0, 0.05) is 4.90 Å². The number of carbonyl (C=O) groups is 1. The maximum absolute atomic E-state index is 10.0. The molecule has 1 aromatic carbocycles. The van der Waals surface area contributed by atoms with Gasteiger partial charge >= 0.3 is 0 Å². The molecule has 0 saturated carbocycles. The summed E-state index contributed by atoms with van der Waals surface area (Å²) in [4.78, 5) is 11.2. The molecule has 58 valence electrons. The van der Waals surface area contributed by atoms with Crippen molar-refractivity contribution in [3.05, 3.63) is 29.8 Å². The summed E-state index contributed by atoms with van der Waals surface area (Å²) in [5, 5.41) is 0. The van der Waals surface area contributed by atoms with E-state index >= 15 is 0 Å². The van der Waals surface area contributed by atoms with Crippen LogP contribution in [0.1, 0.15) is 5.56 Å². The van der Waals surface area contributed by atoms with E-state index in [1.54, 1.807) is 0 Å². The van der Waals surface area contributed by atoms with Crippen molar-refractivity contribution in [2.45, 2.75) is 11.8 Å². The number of hydrogen-bond acceptors (Lipinski definition) is 3.